The van der Waals surface area contributed by atoms with Crippen molar-refractivity contribution in [1.29, 1.82) is 0 Å². The molecule has 0 N–H and O–H groups in total. The molecule has 2 saturated heterocycles. The second kappa shape index (κ2) is 10.7. The van der Waals surface area contributed by atoms with Gasteiger partial charge in [0.2, 0.25) is 11.8 Å². The first kappa shape index (κ1) is 25.6. The van der Waals surface area contributed by atoms with E-state index in [1.807, 2.05) is 9.80 Å². The van der Waals surface area contributed by atoms with E-state index >= 15 is 0 Å². The van der Waals surface area contributed by atoms with Gasteiger partial charge in [0.25, 0.3) is 0 Å². The Balaban J connectivity index is 0.000000148. The second-order valence-corrected chi connectivity index (χ2v) is 12.8. The van der Waals surface area contributed by atoms with Gasteiger partial charge in [-0.15, -0.1) is 0 Å². The first-order valence-electron chi connectivity index (χ1n) is 14.8. The number of rotatable bonds is 4. The molecule has 0 radical (unpaired) electrons. The first-order chi connectivity index (χ1) is 17.4. The van der Waals surface area contributed by atoms with Crippen LogP contribution in [-0.4, -0.2) is 47.0 Å². The summed E-state index contributed by atoms with van der Waals surface area (Å²) < 4.78 is 0. The molecular formula is C30H44N4O2. The van der Waals surface area contributed by atoms with Crippen LogP contribution in [0.4, 0.5) is 0 Å². The van der Waals surface area contributed by atoms with E-state index in [0.29, 0.717) is 35.5 Å². The summed E-state index contributed by atoms with van der Waals surface area (Å²) in [5.74, 6) is 4.21. The lowest BCUT2D eigenvalue weighted by molar-refractivity contribution is -0.138. The SMILES string of the molecule is [C-]#[N+]C1[C@@H]2C[C@@H]2CN1C(=O)[C@@H](C)C1CCCCC1.[C-]#[N+]C1[C@H]2C[C@H]2CN1C(=O)[C@@H](C)C1CCCCC1. The fourth-order valence-corrected chi connectivity index (χ4v) is 7.84. The highest BCUT2D eigenvalue weighted by Crippen LogP contribution is 2.51. The molecule has 6 fully saturated rings. The van der Waals surface area contributed by atoms with Gasteiger partial charge in [-0.05, 0) is 62.2 Å². The van der Waals surface area contributed by atoms with Crippen molar-refractivity contribution in [1.82, 2.24) is 9.80 Å². The van der Waals surface area contributed by atoms with Gasteiger partial charge < -0.3 is 0 Å². The van der Waals surface area contributed by atoms with Gasteiger partial charge in [0.15, 0.2) is 0 Å². The molecule has 4 saturated carbocycles. The number of carbonyl (C=O) groups is 2. The second-order valence-electron chi connectivity index (χ2n) is 12.8. The molecule has 0 bridgehead atoms. The molecule has 196 valence electrons. The van der Waals surface area contributed by atoms with E-state index in [1.54, 1.807) is 0 Å². The number of piperidine rings is 2. The molecule has 6 rings (SSSR count). The highest BCUT2D eigenvalue weighted by molar-refractivity contribution is 5.80. The van der Waals surface area contributed by atoms with E-state index in [0.717, 1.165) is 13.1 Å². The molecule has 36 heavy (non-hydrogen) atoms. The van der Waals surface area contributed by atoms with E-state index in [-0.39, 0.29) is 36.0 Å². The minimum atomic E-state index is -0.131. The molecule has 0 aromatic carbocycles. The third-order valence-corrected chi connectivity index (χ3v) is 10.5. The van der Waals surface area contributed by atoms with Gasteiger partial charge in [0.1, 0.15) is 0 Å². The molecule has 6 heteroatoms. The summed E-state index contributed by atoms with van der Waals surface area (Å²) in [7, 11) is 0. The summed E-state index contributed by atoms with van der Waals surface area (Å²) in [6.45, 7) is 20.5. The van der Waals surface area contributed by atoms with Gasteiger partial charge in [0, 0.05) is 24.9 Å². The van der Waals surface area contributed by atoms with E-state index in [4.69, 9.17) is 13.1 Å². The number of hydrogen-bond acceptors (Lipinski definition) is 2. The fourth-order valence-electron chi connectivity index (χ4n) is 7.84. The lowest BCUT2D eigenvalue weighted by Gasteiger charge is -2.30. The molecular weight excluding hydrogens is 448 g/mol. The highest BCUT2D eigenvalue weighted by atomic mass is 16.2. The molecule has 0 aromatic rings. The predicted molar refractivity (Wildman–Crippen MR) is 139 cm³/mol. The van der Waals surface area contributed by atoms with Crippen molar-refractivity contribution in [3.8, 4) is 0 Å². The fraction of sp³-hybridized carbons (Fsp3) is 0.867. The Morgan fingerprint density at radius 2 is 1.03 bits per heavy atom. The quantitative estimate of drug-likeness (QED) is 0.462. The molecule has 0 spiro atoms. The van der Waals surface area contributed by atoms with Crippen LogP contribution in [0.15, 0.2) is 0 Å². The number of carbonyl (C=O) groups excluding carboxylic acids is 2. The lowest BCUT2D eigenvalue weighted by Crippen LogP contribution is -2.42. The summed E-state index contributed by atoms with van der Waals surface area (Å²) in [6.07, 6.45) is 14.7. The minimum Gasteiger partial charge on any atom is -0.289 e. The molecule has 2 unspecified atom stereocenters. The predicted octanol–water partition coefficient (Wildman–Crippen LogP) is 5.85. The van der Waals surface area contributed by atoms with Crippen LogP contribution in [-0.2, 0) is 9.59 Å². The molecule has 8 atom stereocenters. The molecule has 0 aromatic heterocycles. The summed E-state index contributed by atoms with van der Waals surface area (Å²) in [5.41, 5.74) is 0. The van der Waals surface area contributed by atoms with E-state index in [2.05, 4.69) is 23.5 Å². The normalized spacial score (nSPS) is 36.9. The molecule has 2 amide bonds. The average Bonchev–Trinajstić information content (AvgIpc) is 3.82. The molecule has 2 heterocycles. The van der Waals surface area contributed by atoms with Crippen molar-refractivity contribution in [3.63, 3.8) is 0 Å². The van der Waals surface area contributed by atoms with Crippen LogP contribution in [0.25, 0.3) is 9.69 Å². The van der Waals surface area contributed by atoms with Gasteiger partial charge in [-0.1, -0.05) is 52.4 Å². The maximum atomic E-state index is 12.6. The van der Waals surface area contributed by atoms with Gasteiger partial charge in [0.05, 0.1) is 11.8 Å². The maximum Gasteiger partial charge on any atom is 0.303 e. The van der Waals surface area contributed by atoms with Crippen LogP contribution in [0, 0.1) is 60.5 Å². The van der Waals surface area contributed by atoms with Crippen molar-refractivity contribution in [2.45, 2.75) is 103 Å². The van der Waals surface area contributed by atoms with Gasteiger partial charge in [-0.25, -0.2) is 13.1 Å². The molecule has 2 aliphatic heterocycles. The molecule has 4 aliphatic carbocycles. The smallest absolute Gasteiger partial charge is 0.289 e. The third kappa shape index (κ3) is 5.03. The van der Waals surface area contributed by atoms with Crippen molar-refractivity contribution in [2.24, 2.45) is 47.3 Å². The van der Waals surface area contributed by atoms with Gasteiger partial charge in [-0.2, -0.15) is 0 Å². The zero-order valence-electron chi connectivity index (χ0n) is 22.3. The Labute approximate surface area is 217 Å². The third-order valence-electron chi connectivity index (χ3n) is 10.5. The van der Waals surface area contributed by atoms with Crippen molar-refractivity contribution in [2.75, 3.05) is 13.1 Å². The van der Waals surface area contributed by atoms with E-state index in [1.165, 1.54) is 77.0 Å². The van der Waals surface area contributed by atoms with Crippen LogP contribution >= 0.6 is 0 Å². The Hall–Kier alpha value is -2.08. The van der Waals surface area contributed by atoms with Crippen LogP contribution in [0.3, 0.4) is 0 Å². The van der Waals surface area contributed by atoms with Crippen molar-refractivity contribution >= 4 is 11.8 Å². The first-order valence-corrected chi connectivity index (χ1v) is 14.8. The van der Waals surface area contributed by atoms with E-state index in [9.17, 15) is 9.59 Å². The summed E-state index contributed by atoms with van der Waals surface area (Å²) in [6, 6.07) is 0. The topological polar surface area (TPSA) is 49.3 Å². The molecule has 6 aliphatic rings. The zero-order valence-corrected chi connectivity index (χ0v) is 22.3. The van der Waals surface area contributed by atoms with Crippen LogP contribution in [0.1, 0.15) is 90.9 Å². The van der Waals surface area contributed by atoms with Gasteiger partial charge >= 0.3 is 12.3 Å². The average molecular weight is 493 g/mol. The number of fused-ring (bicyclic) bond motifs is 2. The van der Waals surface area contributed by atoms with Crippen LogP contribution in [0.2, 0.25) is 0 Å². The summed E-state index contributed by atoms with van der Waals surface area (Å²) in [4.78, 5) is 36.3. The standard InChI is InChI=1S/2C15H22N2O/c2*1-10(11-6-4-3-5-7-11)15(18)17-9-12-8-13(12)14(17)16-2/h2*10-14H,3-9H2,1H3/t10-,12+,13+,14?;10-,12-,13-,14?/m00/s1. The maximum absolute atomic E-state index is 12.6. The Morgan fingerprint density at radius 3 is 1.36 bits per heavy atom. The van der Waals surface area contributed by atoms with Crippen molar-refractivity contribution in [3.05, 3.63) is 22.8 Å². The number of hydrogen-bond donors (Lipinski definition) is 0. The number of likely N-dealkylation sites (tertiary alicyclic amines) is 2. The minimum absolute atomic E-state index is 0.131. The largest absolute Gasteiger partial charge is 0.303 e. The Bertz CT molecular complexity index is 835. The van der Waals surface area contributed by atoms with Crippen molar-refractivity contribution < 1.29 is 9.59 Å². The zero-order chi connectivity index (χ0) is 25.4. The lowest BCUT2D eigenvalue weighted by atomic mass is 9.80. The Kier molecular flexibility index (Phi) is 7.62. The number of nitrogens with zero attached hydrogens (tertiary/aromatic N) is 4. The number of amides is 2. The van der Waals surface area contributed by atoms with Crippen LogP contribution in [0.5, 0.6) is 0 Å². The van der Waals surface area contributed by atoms with E-state index < -0.39 is 0 Å². The summed E-state index contributed by atoms with van der Waals surface area (Å²) in [5, 5.41) is 0. The van der Waals surface area contributed by atoms with Gasteiger partial charge in [-0.3, -0.25) is 29.1 Å². The molecule has 6 nitrogen and oxygen atoms in total. The Morgan fingerprint density at radius 1 is 0.667 bits per heavy atom. The van der Waals surface area contributed by atoms with Crippen LogP contribution < -0.4 is 0 Å². The monoisotopic (exact) mass is 492 g/mol. The highest BCUT2D eigenvalue weighted by Gasteiger charge is 2.60. The summed E-state index contributed by atoms with van der Waals surface area (Å²) >= 11 is 0.